The number of hydrogen-bond donors (Lipinski definition) is 4. The lowest BCUT2D eigenvalue weighted by atomic mass is 9.99. The number of hydrogen-bond acceptors (Lipinski definition) is 10. The Morgan fingerprint density at radius 2 is 1.69 bits per heavy atom. The largest absolute Gasteiger partial charge is 0.463 e. The van der Waals surface area contributed by atoms with Crippen molar-refractivity contribution < 1.29 is 43.8 Å². The maximum absolute atomic E-state index is 13.0. The second kappa shape index (κ2) is 8.08. The average Bonchev–Trinajstić information content (AvgIpc) is 3.27. The van der Waals surface area contributed by atoms with E-state index in [2.05, 4.69) is 0 Å². The zero-order valence-corrected chi connectivity index (χ0v) is 16.6. The van der Waals surface area contributed by atoms with Crippen molar-refractivity contribution in [2.45, 2.75) is 30.7 Å². The van der Waals surface area contributed by atoms with Gasteiger partial charge in [-0.05, 0) is 23.8 Å². The summed E-state index contributed by atoms with van der Waals surface area (Å²) in [6.45, 7) is -0.468. The predicted molar refractivity (Wildman–Crippen MR) is 108 cm³/mol. The van der Waals surface area contributed by atoms with E-state index < -0.39 is 37.3 Å². The smallest absolute Gasteiger partial charge is 0.231 e. The summed E-state index contributed by atoms with van der Waals surface area (Å²) in [6, 6.07) is 9.57. The van der Waals surface area contributed by atoms with Crippen molar-refractivity contribution in [1.29, 1.82) is 0 Å². The molecule has 0 spiro atoms. The van der Waals surface area contributed by atoms with Crippen molar-refractivity contribution in [2.24, 2.45) is 0 Å². The highest BCUT2D eigenvalue weighted by Crippen LogP contribution is 2.36. The minimum Gasteiger partial charge on any atom is -0.463 e. The molecule has 0 saturated carbocycles. The summed E-state index contributed by atoms with van der Waals surface area (Å²) < 4.78 is 27.2. The van der Waals surface area contributed by atoms with Crippen LogP contribution in [0, 0.1) is 0 Å². The van der Waals surface area contributed by atoms with Gasteiger partial charge in [0.1, 0.15) is 42.0 Å². The SMILES string of the molecule is O=c1c(-c2ccc(O[C@@H]3O[C@H](CO)[C@@H](O)[C@H](O)[C@H]3O)cc2)coc2cc3c(cc12)OCO3. The Bertz CT molecular complexity index is 1190. The number of rotatable bonds is 4. The van der Waals surface area contributed by atoms with Crippen LogP contribution in [-0.2, 0) is 4.74 Å². The van der Waals surface area contributed by atoms with Crippen LogP contribution in [0.4, 0.5) is 0 Å². The molecule has 0 radical (unpaired) electrons. The van der Waals surface area contributed by atoms with Crippen LogP contribution in [-0.4, -0.2) is 64.5 Å². The predicted octanol–water partition coefficient (Wildman–Crippen LogP) is 0.367. The van der Waals surface area contributed by atoms with Gasteiger partial charge in [0.15, 0.2) is 11.5 Å². The van der Waals surface area contributed by atoms with Crippen LogP contribution in [0.25, 0.3) is 22.1 Å². The third-order valence-electron chi connectivity index (χ3n) is 5.53. The summed E-state index contributed by atoms with van der Waals surface area (Å²) in [5.74, 6) is 1.28. The van der Waals surface area contributed by atoms with E-state index in [1.54, 1.807) is 36.4 Å². The Morgan fingerprint density at radius 3 is 2.41 bits per heavy atom. The molecule has 2 aliphatic heterocycles. The zero-order chi connectivity index (χ0) is 22.4. The Hall–Kier alpha value is -3.15. The van der Waals surface area contributed by atoms with Crippen molar-refractivity contribution in [2.75, 3.05) is 13.4 Å². The van der Waals surface area contributed by atoms with Gasteiger partial charge in [-0.3, -0.25) is 4.79 Å². The highest BCUT2D eigenvalue weighted by Gasteiger charge is 2.44. The summed E-state index contributed by atoms with van der Waals surface area (Å²) in [7, 11) is 0. The summed E-state index contributed by atoms with van der Waals surface area (Å²) in [4.78, 5) is 13.0. The molecule has 4 N–H and O–H groups in total. The summed E-state index contributed by atoms with van der Waals surface area (Å²) in [6.07, 6.45) is -5.54. The lowest BCUT2D eigenvalue weighted by Gasteiger charge is -2.39. The fourth-order valence-electron chi connectivity index (χ4n) is 3.73. The van der Waals surface area contributed by atoms with Gasteiger partial charge in [-0.25, -0.2) is 0 Å². The number of ether oxygens (including phenoxy) is 4. The summed E-state index contributed by atoms with van der Waals surface area (Å²) in [5.41, 5.74) is 1.04. The first kappa shape index (κ1) is 20.7. The molecule has 2 aliphatic rings. The molecule has 3 aromatic rings. The first-order valence-electron chi connectivity index (χ1n) is 9.89. The molecule has 1 saturated heterocycles. The molecule has 0 unspecified atom stereocenters. The molecule has 0 aliphatic carbocycles. The molecule has 5 rings (SSSR count). The molecule has 1 aromatic heterocycles. The van der Waals surface area contributed by atoms with Gasteiger partial charge < -0.3 is 43.8 Å². The van der Waals surface area contributed by atoms with Crippen LogP contribution in [0.3, 0.4) is 0 Å². The van der Waals surface area contributed by atoms with Crippen LogP contribution in [0.1, 0.15) is 0 Å². The lowest BCUT2D eigenvalue weighted by molar-refractivity contribution is -0.277. The Morgan fingerprint density at radius 1 is 0.969 bits per heavy atom. The first-order valence-corrected chi connectivity index (χ1v) is 9.89. The van der Waals surface area contributed by atoms with Gasteiger partial charge in [0.2, 0.25) is 18.5 Å². The first-order chi connectivity index (χ1) is 15.5. The standard InChI is InChI=1S/C22H20O10/c23-7-17-19(25)20(26)21(27)22(32-17)31-11-3-1-10(2-4-11)13-8-28-14-6-16-15(29-9-30-16)5-12(14)18(13)24/h1-6,8,17,19-23,25-27H,7,9H2/t17-,19-,20+,21-,22-/m1/s1. The van der Waals surface area contributed by atoms with Gasteiger partial charge in [0, 0.05) is 6.07 Å². The van der Waals surface area contributed by atoms with Gasteiger partial charge in [-0.1, -0.05) is 12.1 Å². The molecular weight excluding hydrogens is 424 g/mol. The Balaban J connectivity index is 1.39. The maximum atomic E-state index is 13.0. The van der Waals surface area contributed by atoms with E-state index in [-0.39, 0.29) is 18.0 Å². The molecule has 10 heteroatoms. The van der Waals surface area contributed by atoms with Gasteiger partial charge in [-0.2, -0.15) is 0 Å². The van der Waals surface area contributed by atoms with Gasteiger partial charge in [0.05, 0.1) is 17.6 Å². The fourth-order valence-corrected chi connectivity index (χ4v) is 3.73. The fraction of sp³-hybridized carbons (Fsp3) is 0.318. The summed E-state index contributed by atoms with van der Waals surface area (Å²) in [5, 5.41) is 39.5. The van der Waals surface area contributed by atoms with E-state index in [9.17, 15) is 25.2 Å². The molecule has 5 atom stereocenters. The second-order valence-electron chi connectivity index (χ2n) is 7.52. The quantitative estimate of drug-likeness (QED) is 0.445. The van der Waals surface area contributed by atoms with Gasteiger partial charge in [0.25, 0.3) is 0 Å². The van der Waals surface area contributed by atoms with Crippen LogP contribution in [0.5, 0.6) is 17.2 Å². The number of benzene rings is 2. The monoisotopic (exact) mass is 444 g/mol. The minimum atomic E-state index is -1.54. The average molecular weight is 444 g/mol. The minimum absolute atomic E-state index is 0.0859. The Kier molecular flexibility index (Phi) is 5.24. The highest BCUT2D eigenvalue weighted by atomic mass is 16.7. The van der Waals surface area contributed by atoms with Gasteiger partial charge in [-0.15, -0.1) is 0 Å². The topological polar surface area (TPSA) is 148 Å². The third kappa shape index (κ3) is 3.48. The van der Waals surface area contributed by atoms with Crippen molar-refractivity contribution in [3.63, 3.8) is 0 Å². The molecule has 32 heavy (non-hydrogen) atoms. The van der Waals surface area contributed by atoms with Crippen molar-refractivity contribution >= 4 is 11.0 Å². The second-order valence-corrected chi connectivity index (χ2v) is 7.52. The zero-order valence-electron chi connectivity index (χ0n) is 16.6. The number of aliphatic hydroxyl groups excluding tert-OH is 4. The highest BCUT2D eigenvalue weighted by molar-refractivity contribution is 5.84. The molecule has 1 fully saturated rings. The third-order valence-corrected chi connectivity index (χ3v) is 5.53. The van der Waals surface area contributed by atoms with E-state index in [1.165, 1.54) is 6.26 Å². The van der Waals surface area contributed by atoms with E-state index in [0.717, 1.165) is 0 Å². The van der Waals surface area contributed by atoms with Crippen molar-refractivity contribution in [1.82, 2.24) is 0 Å². The van der Waals surface area contributed by atoms with E-state index in [1.807, 2.05) is 0 Å². The molecule has 0 bridgehead atoms. The maximum Gasteiger partial charge on any atom is 0.231 e. The van der Waals surface area contributed by atoms with E-state index in [4.69, 9.17) is 23.4 Å². The number of fused-ring (bicyclic) bond motifs is 2. The molecular formula is C22H20O10. The molecule has 2 aromatic carbocycles. The molecule has 3 heterocycles. The van der Waals surface area contributed by atoms with E-state index >= 15 is 0 Å². The molecule has 0 amide bonds. The van der Waals surface area contributed by atoms with Crippen LogP contribution < -0.4 is 19.6 Å². The van der Waals surface area contributed by atoms with Crippen molar-refractivity contribution in [3.05, 3.63) is 52.9 Å². The van der Waals surface area contributed by atoms with Crippen LogP contribution in [0.2, 0.25) is 0 Å². The molecule has 168 valence electrons. The summed E-state index contributed by atoms with van der Waals surface area (Å²) >= 11 is 0. The Labute approximate surface area is 180 Å². The van der Waals surface area contributed by atoms with Crippen molar-refractivity contribution in [3.8, 4) is 28.4 Å². The van der Waals surface area contributed by atoms with E-state index in [0.29, 0.717) is 33.6 Å². The molecule has 10 nitrogen and oxygen atoms in total. The van der Waals surface area contributed by atoms with Crippen LogP contribution >= 0.6 is 0 Å². The van der Waals surface area contributed by atoms with Gasteiger partial charge >= 0.3 is 0 Å². The van der Waals surface area contributed by atoms with Crippen LogP contribution in [0.15, 0.2) is 51.9 Å². The lowest BCUT2D eigenvalue weighted by Crippen LogP contribution is -2.60. The normalized spacial score (nSPS) is 26.9. The number of aliphatic hydroxyl groups is 4.